The summed E-state index contributed by atoms with van der Waals surface area (Å²) >= 11 is 0. The average molecular weight is 414 g/mol. The molecule has 30 heavy (non-hydrogen) atoms. The minimum atomic E-state index is -0.258. The molecule has 0 aliphatic rings. The second-order valence-corrected chi connectivity index (χ2v) is 6.54. The summed E-state index contributed by atoms with van der Waals surface area (Å²) in [6.45, 7) is 20.2. The first-order valence-corrected chi connectivity index (χ1v) is 10.7. The minimum Gasteiger partial charge on any atom is -0.264 e. The van der Waals surface area contributed by atoms with Crippen LogP contribution in [0.2, 0.25) is 0 Å². The third kappa shape index (κ3) is 14.4. The average Bonchev–Trinajstić information content (AvgIpc) is 2.74. The van der Waals surface area contributed by atoms with Gasteiger partial charge in [0.05, 0.1) is 6.20 Å². The van der Waals surface area contributed by atoms with Gasteiger partial charge < -0.3 is 0 Å². The van der Waals surface area contributed by atoms with Crippen molar-refractivity contribution in [2.24, 2.45) is 0 Å². The molecular formula is C26H40FN3. The highest BCUT2D eigenvalue weighted by Gasteiger charge is 1.99. The van der Waals surface area contributed by atoms with Crippen molar-refractivity contribution in [3.63, 3.8) is 0 Å². The molecule has 0 radical (unpaired) electrons. The Hall–Kier alpha value is -2.62. The highest BCUT2D eigenvalue weighted by molar-refractivity contribution is 5.15. The molecule has 0 N–H and O–H groups in total. The van der Waals surface area contributed by atoms with Gasteiger partial charge in [-0.25, -0.2) is 4.39 Å². The fourth-order valence-corrected chi connectivity index (χ4v) is 2.01. The van der Waals surface area contributed by atoms with Crippen molar-refractivity contribution in [2.45, 2.75) is 75.2 Å². The van der Waals surface area contributed by atoms with Gasteiger partial charge in [0.1, 0.15) is 5.82 Å². The largest absolute Gasteiger partial charge is 0.264 e. The van der Waals surface area contributed by atoms with Gasteiger partial charge in [-0.1, -0.05) is 53.7 Å². The Labute approximate surface area is 183 Å². The topological polar surface area (TPSA) is 38.7 Å². The predicted molar refractivity (Wildman–Crippen MR) is 128 cm³/mol. The Morgan fingerprint density at radius 3 is 1.60 bits per heavy atom. The monoisotopic (exact) mass is 413 g/mol. The molecule has 3 nitrogen and oxygen atoms in total. The maximum Gasteiger partial charge on any atom is 0.141 e. The lowest BCUT2D eigenvalue weighted by atomic mass is 10.1. The Morgan fingerprint density at radius 2 is 1.30 bits per heavy atom. The van der Waals surface area contributed by atoms with Gasteiger partial charge in [0, 0.05) is 30.5 Å². The normalized spacial score (nSPS) is 8.80. The molecular weight excluding hydrogens is 373 g/mol. The Balaban J connectivity index is 0. The van der Waals surface area contributed by atoms with Gasteiger partial charge in [0.15, 0.2) is 0 Å². The number of aryl methyl sites for hydroxylation is 4. The van der Waals surface area contributed by atoms with Crippen LogP contribution in [0.1, 0.15) is 75.4 Å². The summed E-state index contributed by atoms with van der Waals surface area (Å²) in [5, 5.41) is 0. The van der Waals surface area contributed by atoms with Gasteiger partial charge in [-0.05, 0) is 68.0 Å². The number of hydrogen-bond donors (Lipinski definition) is 0. The first-order chi connectivity index (χ1) is 14.3. The Bertz CT molecular complexity index is 763. The van der Waals surface area contributed by atoms with Crippen LogP contribution < -0.4 is 0 Å². The third-order valence-corrected chi connectivity index (χ3v) is 3.68. The van der Waals surface area contributed by atoms with Crippen molar-refractivity contribution in [3.05, 3.63) is 89.0 Å². The Morgan fingerprint density at radius 1 is 0.767 bits per heavy atom. The van der Waals surface area contributed by atoms with E-state index in [1.807, 2.05) is 87.0 Å². The van der Waals surface area contributed by atoms with Crippen LogP contribution in [0.5, 0.6) is 0 Å². The molecule has 0 amide bonds. The van der Waals surface area contributed by atoms with Gasteiger partial charge in [-0.15, -0.1) is 0 Å². The van der Waals surface area contributed by atoms with Crippen molar-refractivity contribution >= 4 is 0 Å². The van der Waals surface area contributed by atoms with E-state index in [9.17, 15) is 4.39 Å². The summed E-state index contributed by atoms with van der Waals surface area (Å²) < 4.78 is 12.5. The fourth-order valence-electron chi connectivity index (χ4n) is 2.01. The molecule has 0 aromatic carbocycles. The van der Waals surface area contributed by atoms with E-state index in [0.29, 0.717) is 5.92 Å². The second-order valence-electron chi connectivity index (χ2n) is 6.54. The molecule has 0 bridgehead atoms. The van der Waals surface area contributed by atoms with Crippen LogP contribution in [0.3, 0.4) is 0 Å². The zero-order valence-electron chi connectivity index (χ0n) is 20.5. The van der Waals surface area contributed by atoms with Crippen molar-refractivity contribution in [1.82, 2.24) is 15.0 Å². The predicted octanol–water partition coefficient (Wildman–Crippen LogP) is 7.79. The van der Waals surface area contributed by atoms with Gasteiger partial charge in [-0.2, -0.15) is 0 Å². The molecule has 0 saturated heterocycles. The van der Waals surface area contributed by atoms with Crippen molar-refractivity contribution in [1.29, 1.82) is 0 Å². The van der Waals surface area contributed by atoms with Crippen molar-refractivity contribution in [3.8, 4) is 0 Å². The highest BCUT2D eigenvalue weighted by atomic mass is 19.1. The number of halogens is 1. The molecule has 4 heteroatoms. The molecule has 0 saturated carbocycles. The summed E-state index contributed by atoms with van der Waals surface area (Å²) in [6.07, 6.45) is 8.42. The summed E-state index contributed by atoms with van der Waals surface area (Å²) in [5.41, 5.74) is 5.77. The molecule has 3 heterocycles. The zero-order chi connectivity index (χ0) is 23.5. The summed E-state index contributed by atoms with van der Waals surface area (Å²) in [6, 6.07) is 7.62. The third-order valence-electron chi connectivity index (χ3n) is 3.68. The van der Waals surface area contributed by atoms with E-state index >= 15 is 0 Å². The standard InChI is InChI=1S/C8H10FN.2C7H9N.2C2H6/c1-6(2)7-3-8(9)5-10-4-7;1-6-3-7(2)5-8-4-6;1-6-4-3-5-8-7(6)2;2*1-2/h3-6H,1-2H3;2*3-5H,1-2H3;2*1-2H3. The quantitative estimate of drug-likeness (QED) is 0.408. The molecule has 0 aliphatic carbocycles. The first kappa shape index (κ1) is 29.6. The van der Waals surface area contributed by atoms with Crippen molar-refractivity contribution in [2.75, 3.05) is 0 Å². The van der Waals surface area contributed by atoms with Crippen LogP contribution in [-0.4, -0.2) is 15.0 Å². The summed E-state index contributed by atoms with van der Waals surface area (Å²) in [5.74, 6) is 0.0920. The van der Waals surface area contributed by atoms with E-state index < -0.39 is 0 Å². The van der Waals surface area contributed by atoms with E-state index in [1.54, 1.807) is 6.20 Å². The lowest BCUT2D eigenvalue weighted by Gasteiger charge is -2.02. The second kappa shape index (κ2) is 18.4. The SMILES string of the molecule is CC.CC.CC(C)c1cncc(F)c1.Cc1cccnc1C.Cc1cncc(C)c1. The number of aromatic nitrogens is 3. The van der Waals surface area contributed by atoms with Crippen LogP contribution in [0.15, 0.2) is 55.2 Å². The number of rotatable bonds is 1. The highest BCUT2D eigenvalue weighted by Crippen LogP contribution is 2.12. The van der Waals surface area contributed by atoms with Gasteiger partial charge in [0.2, 0.25) is 0 Å². The number of hydrogen-bond acceptors (Lipinski definition) is 3. The molecule has 3 aromatic heterocycles. The lowest BCUT2D eigenvalue weighted by Crippen LogP contribution is -1.89. The van der Waals surface area contributed by atoms with Crippen LogP contribution in [-0.2, 0) is 0 Å². The molecule has 0 spiro atoms. The van der Waals surface area contributed by atoms with Crippen LogP contribution in [0, 0.1) is 33.5 Å². The molecule has 0 aliphatic heterocycles. The van der Waals surface area contributed by atoms with Crippen LogP contribution in [0.25, 0.3) is 0 Å². The zero-order valence-corrected chi connectivity index (χ0v) is 20.5. The van der Waals surface area contributed by atoms with E-state index in [2.05, 4.69) is 34.0 Å². The van der Waals surface area contributed by atoms with Gasteiger partial charge >= 0.3 is 0 Å². The van der Waals surface area contributed by atoms with Crippen LogP contribution >= 0.6 is 0 Å². The number of pyridine rings is 3. The lowest BCUT2D eigenvalue weighted by molar-refractivity contribution is 0.616. The maximum atomic E-state index is 12.5. The molecule has 3 rings (SSSR count). The number of nitrogens with zero attached hydrogens (tertiary/aromatic N) is 3. The molecule has 0 atom stereocenters. The van der Waals surface area contributed by atoms with Crippen molar-refractivity contribution < 1.29 is 4.39 Å². The maximum absolute atomic E-state index is 12.5. The summed E-state index contributed by atoms with van der Waals surface area (Å²) in [7, 11) is 0. The fraction of sp³-hybridized carbons (Fsp3) is 0.423. The molecule has 0 unspecified atom stereocenters. The molecule has 166 valence electrons. The van der Waals surface area contributed by atoms with Gasteiger partial charge in [-0.3, -0.25) is 15.0 Å². The van der Waals surface area contributed by atoms with E-state index in [1.165, 1.54) is 29.0 Å². The van der Waals surface area contributed by atoms with Gasteiger partial charge in [0.25, 0.3) is 0 Å². The summed E-state index contributed by atoms with van der Waals surface area (Å²) in [4.78, 5) is 11.8. The minimum absolute atomic E-state index is 0.258. The first-order valence-electron chi connectivity index (χ1n) is 10.7. The Kier molecular flexibility index (Phi) is 18.2. The van der Waals surface area contributed by atoms with Crippen LogP contribution in [0.4, 0.5) is 4.39 Å². The van der Waals surface area contributed by atoms with E-state index in [0.717, 1.165) is 11.3 Å². The molecule has 3 aromatic rings. The molecule has 0 fully saturated rings. The van der Waals surface area contributed by atoms with E-state index in [-0.39, 0.29) is 5.82 Å². The van der Waals surface area contributed by atoms with E-state index in [4.69, 9.17) is 0 Å². The smallest absolute Gasteiger partial charge is 0.141 e.